The lowest BCUT2D eigenvalue weighted by Crippen LogP contribution is -2.49. The molecule has 0 N–H and O–H groups in total. The number of carbonyl (C=O) groups excluding carboxylic acids is 1. The van der Waals surface area contributed by atoms with E-state index in [0.29, 0.717) is 13.1 Å². The lowest BCUT2D eigenvalue weighted by atomic mass is 9.87. The zero-order valence-electron chi connectivity index (χ0n) is 14.1. The van der Waals surface area contributed by atoms with Gasteiger partial charge >= 0.3 is 0 Å². The molecule has 1 saturated heterocycles. The largest absolute Gasteiger partial charge is 0.370 e. The molecule has 0 bridgehead atoms. The Kier molecular flexibility index (Phi) is 4.15. The maximum absolute atomic E-state index is 12.7. The second-order valence-corrected chi connectivity index (χ2v) is 6.70. The van der Waals surface area contributed by atoms with Crippen LogP contribution >= 0.6 is 0 Å². The van der Waals surface area contributed by atoms with E-state index in [9.17, 15) is 9.59 Å². The molecule has 2 aliphatic heterocycles. The van der Waals surface area contributed by atoms with Gasteiger partial charge in [0, 0.05) is 25.8 Å². The summed E-state index contributed by atoms with van der Waals surface area (Å²) < 4.78 is 7.51. The van der Waals surface area contributed by atoms with Crippen molar-refractivity contribution in [1.29, 1.82) is 0 Å². The van der Waals surface area contributed by atoms with Gasteiger partial charge in [-0.25, -0.2) is 0 Å². The number of carbonyl (C=O) groups is 1. The van der Waals surface area contributed by atoms with Crippen LogP contribution in [0.4, 0.5) is 0 Å². The van der Waals surface area contributed by atoms with Gasteiger partial charge in [0.25, 0.3) is 11.5 Å². The molecule has 1 spiro atoms. The van der Waals surface area contributed by atoms with Gasteiger partial charge in [-0.2, -0.15) is 0 Å². The highest BCUT2D eigenvalue weighted by Crippen LogP contribution is 2.33. The van der Waals surface area contributed by atoms with E-state index in [1.54, 1.807) is 18.0 Å². The van der Waals surface area contributed by atoms with Gasteiger partial charge in [-0.1, -0.05) is 11.6 Å². The quantitative estimate of drug-likeness (QED) is 0.745. The Labute approximate surface area is 136 Å². The molecule has 1 aromatic heterocycles. The van der Waals surface area contributed by atoms with Gasteiger partial charge in [-0.15, -0.1) is 0 Å². The van der Waals surface area contributed by atoms with E-state index in [-0.39, 0.29) is 22.6 Å². The third-order valence-corrected chi connectivity index (χ3v) is 5.08. The zero-order valence-corrected chi connectivity index (χ0v) is 14.1. The van der Waals surface area contributed by atoms with Gasteiger partial charge in [0.1, 0.15) is 5.56 Å². The van der Waals surface area contributed by atoms with Gasteiger partial charge in [-0.3, -0.25) is 9.59 Å². The van der Waals surface area contributed by atoms with Crippen molar-refractivity contribution in [3.8, 4) is 0 Å². The van der Waals surface area contributed by atoms with Crippen molar-refractivity contribution in [3.63, 3.8) is 0 Å². The highest BCUT2D eigenvalue weighted by atomic mass is 16.5. The fourth-order valence-corrected chi connectivity index (χ4v) is 3.42. The smallest absolute Gasteiger partial charge is 0.263 e. The summed E-state index contributed by atoms with van der Waals surface area (Å²) in [5.41, 5.74) is 2.03. The lowest BCUT2D eigenvalue weighted by Gasteiger charge is -2.42. The summed E-state index contributed by atoms with van der Waals surface area (Å²) in [5.74, 6) is -0.169. The number of hydrogen-bond donors (Lipinski definition) is 0. The summed E-state index contributed by atoms with van der Waals surface area (Å²) in [5, 5.41) is 0. The summed E-state index contributed by atoms with van der Waals surface area (Å²) in [6.45, 7) is 6.00. The summed E-state index contributed by atoms with van der Waals surface area (Å²) in [7, 11) is 1.70. The van der Waals surface area contributed by atoms with E-state index in [1.165, 1.54) is 10.1 Å². The predicted octanol–water partition coefficient (Wildman–Crippen LogP) is 2.04. The molecule has 0 saturated carbocycles. The molecule has 1 amide bonds. The Bertz CT molecular complexity index is 709. The van der Waals surface area contributed by atoms with Crippen LogP contribution in [-0.4, -0.2) is 40.7 Å². The fourth-order valence-electron chi connectivity index (χ4n) is 3.42. The number of piperidine rings is 1. The van der Waals surface area contributed by atoms with Crippen molar-refractivity contribution in [2.45, 2.75) is 38.7 Å². The maximum Gasteiger partial charge on any atom is 0.263 e. The Morgan fingerprint density at radius 2 is 1.91 bits per heavy atom. The minimum atomic E-state index is -0.222. The van der Waals surface area contributed by atoms with E-state index in [2.05, 4.69) is 13.0 Å². The van der Waals surface area contributed by atoms with Crippen LogP contribution in [0.1, 0.15) is 42.2 Å². The Morgan fingerprint density at radius 1 is 1.22 bits per heavy atom. The summed E-state index contributed by atoms with van der Waals surface area (Å²) >= 11 is 0. The van der Waals surface area contributed by atoms with Gasteiger partial charge in [-0.05, 0) is 45.2 Å². The molecule has 0 atom stereocenters. The number of pyridine rings is 1. The van der Waals surface area contributed by atoms with Gasteiger partial charge in [0.15, 0.2) is 0 Å². The molecular weight excluding hydrogens is 292 g/mol. The van der Waals surface area contributed by atoms with Crippen LogP contribution in [0.3, 0.4) is 0 Å². The normalized spacial score (nSPS) is 20.5. The first kappa shape index (κ1) is 16.0. The van der Waals surface area contributed by atoms with Crippen LogP contribution < -0.4 is 5.56 Å². The Hall–Kier alpha value is -1.88. The standard InChI is InChI=1S/C18H24N2O3/c1-13-6-11-23-18(12-13)7-9-20(10-8-18)17(22)15-5-4-14(2)19(3)16(15)21/h4-5,12H,6-11H2,1-3H3. The number of rotatable bonds is 1. The topological polar surface area (TPSA) is 51.5 Å². The summed E-state index contributed by atoms with van der Waals surface area (Å²) in [4.78, 5) is 26.7. The highest BCUT2D eigenvalue weighted by molar-refractivity contribution is 5.94. The monoisotopic (exact) mass is 316 g/mol. The zero-order chi connectivity index (χ0) is 16.6. The van der Waals surface area contributed by atoms with Gasteiger partial charge < -0.3 is 14.2 Å². The minimum Gasteiger partial charge on any atom is -0.370 e. The summed E-state index contributed by atoms with van der Waals surface area (Å²) in [6, 6.07) is 3.46. The molecule has 0 radical (unpaired) electrons. The van der Waals surface area contributed by atoms with Crippen molar-refractivity contribution in [3.05, 3.63) is 45.4 Å². The number of likely N-dealkylation sites (tertiary alicyclic amines) is 1. The van der Waals surface area contributed by atoms with Crippen molar-refractivity contribution in [2.75, 3.05) is 19.7 Å². The van der Waals surface area contributed by atoms with E-state index >= 15 is 0 Å². The highest BCUT2D eigenvalue weighted by Gasteiger charge is 2.37. The van der Waals surface area contributed by atoms with Crippen LogP contribution in [0.5, 0.6) is 0 Å². The molecule has 0 aliphatic carbocycles. The fraction of sp³-hybridized carbons (Fsp3) is 0.556. The number of hydrogen-bond acceptors (Lipinski definition) is 3. The Balaban J connectivity index is 1.76. The maximum atomic E-state index is 12.7. The van der Waals surface area contributed by atoms with E-state index in [1.807, 2.05) is 13.0 Å². The van der Waals surface area contributed by atoms with Crippen LogP contribution in [0, 0.1) is 6.92 Å². The first-order chi connectivity index (χ1) is 10.9. The lowest BCUT2D eigenvalue weighted by molar-refractivity contribution is -0.0522. The molecule has 5 heteroatoms. The number of aromatic nitrogens is 1. The average Bonchev–Trinajstić information content (AvgIpc) is 2.53. The first-order valence-electron chi connectivity index (χ1n) is 8.20. The van der Waals surface area contributed by atoms with Crippen LogP contribution in [-0.2, 0) is 11.8 Å². The van der Waals surface area contributed by atoms with E-state index in [0.717, 1.165) is 31.6 Å². The minimum absolute atomic E-state index is 0.169. The van der Waals surface area contributed by atoms with Crippen molar-refractivity contribution < 1.29 is 9.53 Å². The van der Waals surface area contributed by atoms with Crippen molar-refractivity contribution in [1.82, 2.24) is 9.47 Å². The molecule has 23 heavy (non-hydrogen) atoms. The first-order valence-corrected chi connectivity index (χ1v) is 8.20. The van der Waals surface area contributed by atoms with Crippen molar-refractivity contribution in [2.24, 2.45) is 7.05 Å². The number of nitrogens with zero attached hydrogens (tertiary/aromatic N) is 2. The summed E-state index contributed by atoms with van der Waals surface area (Å²) in [6.07, 6.45) is 4.80. The molecule has 2 aliphatic rings. The number of ether oxygens (including phenoxy) is 1. The molecule has 0 unspecified atom stereocenters. The van der Waals surface area contributed by atoms with Crippen LogP contribution in [0.15, 0.2) is 28.6 Å². The number of amides is 1. The third-order valence-electron chi connectivity index (χ3n) is 5.08. The van der Waals surface area contributed by atoms with E-state index < -0.39 is 0 Å². The number of aryl methyl sites for hydroxylation is 1. The van der Waals surface area contributed by atoms with Crippen molar-refractivity contribution >= 4 is 5.91 Å². The molecular formula is C18H24N2O3. The van der Waals surface area contributed by atoms with E-state index in [4.69, 9.17) is 4.74 Å². The molecule has 3 heterocycles. The van der Waals surface area contributed by atoms with Crippen LogP contribution in [0.2, 0.25) is 0 Å². The second-order valence-electron chi connectivity index (χ2n) is 6.70. The van der Waals surface area contributed by atoms with Crippen LogP contribution in [0.25, 0.3) is 0 Å². The second kappa shape index (κ2) is 5.96. The molecule has 124 valence electrons. The predicted molar refractivity (Wildman–Crippen MR) is 88.6 cm³/mol. The van der Waals surface area contributed by atoms with Gasteiger partial charge in [0.05, 0.1) is 12.2 Å². The molecule has 0 aromatic carbocycles. The third kappa shape index (κ3) is 2.98. The average molecular weight is 316 g/mol. The molecule has 3 rings (SSSR count). The van der Waals surface area contributed by atoms with Gasteiger partial charge in [0.2, 0.25) is 0 Å². The molecule has 1 fully saturated rings. The Morgan fingerprint density at radius 3 is 2.57 bits per heavy atom. The molecule has 5 nitrogen and oxygen atoms in total. The molecule has 1 aromatic rings. The SMILES string of the molecule is CC1=CC2(CCN(C(=O)c3ccc(C)n(C)c3=O)CC2)OCC1.